The topological polar surface area (TPSA) is 287 Å². The van der Waals surface area contributed by atoms with Crippen LogP contribution in [-0.4, -0.2) is 301 Å². The molecule has 0 aromatic carbocycles. The first kappa shape index (κ1) is 76.7. The second-order valence-corrected chi connectivity index (χ2v) is 28.4. The van der Waals surface area contributed by atoms with E-state index >= 15 is 24.0 Å². The average molecular weight is 1300 g/mol. The van der Waals surface area contributed by atoms with Gasteiger partial charge >= 0.3 is 6.03 Å². The molecule has 0 spiro atoms. The molecule has 5 unspecified atom stereocenters. The summed E-state index contributed by atoms with van der Waals surface area (Å²) in [6.07, 6.45) is -1.47. The van der Waals surface area contributed by atoms with Crippen molar-refractivity contribution in [3.05, 3.63) is 0 Å². The predicted octanol–water partition coefficient (Wildman–Crippen LogP) is 1.08. The average Bonchev–Trinajstić information content (AvgIpc) is 1.59. The molecule has 6 rings (SSSR count). The highest BCUT2D eigenvalue weighted by atomic mass is 16.5. The molecule has 12 amide bonds. The van der Waals surface area contributed by atoms with Crippen LogP contribution in [0.4, 0.5) is 4.79 Å². The Morgan fingerprint density at radius 2 is 0.967 bits per heavy atom. The van der Waals surface area contributed by atoms with Crippen LogP contribution >= 0.6 is 0 Å². The molecule has 4 bridgehead atoms. The molecule has 6 aliphatic rings. The van der Waals surface area contributed by atoms with Gasteiger partial charge in [-0.05, 0) is 88.9 Å². The number of likely N-dealkylation sites (N-methyl/N-ethyl adjacent to an activating group) is 7. The molecule has 522 valence electrons. The summed E-state index contributed by atoms with van der Waals surface area (Å²) < 4.78 is 12.7. The van der Waals surface area contributed by atoms with E-state index in [1.54, 1.807) is 34.6 Å². The van der Waals surface area contributed by atoms with Crippen molar-refractivity contribution in [2.45, 2.75) is 220 Å². The molecule has 0 aromatic heterocycles. The number of nitrogens with one attached hydrogen (secondary N) is 4. The Morgan fingerprint density at radius 1 is 0.489 bits per heavy atom. The number of hydrogen-bond donors (Lipinski definition) is 4. The summed E-state index contributed by atoms with van der Waals surface area (Å²) >= 11 is 0. The molecule has 27 heteroatoms. The quantitative estimate of drug-likeness (QED) is 0.167. The molecule has 14 atom stereocenters. The van der Waals surface area contributed by atoms with Crippen molar-refractivity contribution in [2.75, 3.05) is 102 Å². The molecule has 6 fully saturated rings. The van der Waals surface area contributed by atoms with E-state index in [1.807, 2.05) is 55.4 Å². The highest BCUT2D eigenvalue weighted by Crippen LogP contribution is 2.38. The Labute approximate surface area is 547 Å². The highest BCUT2D eigenvalue weighted by molar-refractivity contribution is 6.02. The fourth-order valence-electron chi connectivity index (χ4n) is 13.6. The first-order chi connectivity index (χ1) is 43.0. The molecule has 4 N–H and O–H groups in total. The molecule has 0 radical (unpaired) electrons. The van der Waals surface area contributed by atoms with Crippen LogP contribution in [0.5, 0.6) is 0 Å². The molecule has 6 saturated heterocycles. The Bertz CT molecular complexity index is 2620. The van der Waals surface area contributed by atoms with Crippen molar-refractivity contribution in [2.24, 2.45) is 29.6 Å². The lowest BCUT2D eigenvalue weighted by molar-refractivity contribution is -0.157. The number of nitrogens with zero attached hydrogens (tertiary/aromatic N) is 10. The number of carbonyl (C=O) groups is 11. The lowest BCUT2D eigenvalue weighted by Gasteiger charge is -2.41. The summed E-state index contributed by atoms with van der Waals surface area (Å²) in [5.41, 5.74) is 0. The number of amides is 12. The maximum absolute atomic E-state index is 15.7. The monoisotopic (exact) mass is 1300 g/mol. The SMILES string of the molecule is CCC1C(=O)N(C)[C@H](C)C(=O)N(C)[C@@H](CC(C)C)C(=O)NC(C(C)C)C(=O)N(C)C(CC(C)C)C(=O)N[C@H](C)C(=O)NC(=O)N(C)[C@H](CC(C)C)C(=O)N(C)[C@@H](CC(C)C)C(=O)N(C)[C@@H]2C(=O)N(C)[C@@H]3C(=O)N1[C@H](CC1NCCN1CCN1CCOCC1)[C@H]3OC2C. The van der Waals surface area contributed by atoms with Crippen molar-refractivity contribution in [3.63, 3.8) is 0 Å². The number of imide groups is 1. The minimum atomic E-state index is -1.34. The third kappa shape index (κ3) is 18.0. The van der Waals surface area contributed by atoms with E-state index in [-0.39, 0.29) is 68.4 Å². The van der Waals surface area contributed by atoms with E-state index in [9.17, 15) is 28.8 Å². The maximum atomic E-state index is 15.7. The number of rotatable bonds is 15. The van der Waals surface area contributed by atoms with Crippen molar-refractivity contribution >= 4 is 65.1 Å². The first-order valence-corrected chi connectivity index (χ1v) is 33.5. The van der Waals surface area contributed by atoms with Gasteiger partial charge in [0.05, 0.1) is 31.5 Å². The van der Waals surface area contributed by atoms with E-state index in [1.165, 1.54) is 90.6 Å². The molecular formula is C65H114N14O13. The Hall–Kier alpha value is -6.03. The van der Waals surface area contributed by atoms with Gasteiger partial charge in [-0.25, -0.2) is 4.79 Å². The summed E-state index contributed by atoms with van der Waals surface area (Å²) in [5.74, 6) is -7.60. The number of ether oxygens (including phenoxy) is 2. The van der Waals surface area contributed by atoms with Crippen LogP contribution in [0.1, 0.15) is 135 Å². The van der Waals surface area contributed by atoms with E-state index in [4.69, 9.17) is 9.47 Å². The summed E-state index contributed by atoms with van der Waals surface area (Å²) in [4.78, 5) is 179. The molecule has 27 nitrogen and oxygen atoms in total. The van der Waals surface area contributed by atoms with Crippen molar-refractivity contribution < 1.29 is 62.2 Å². The van der Waals surface area contributed by atoms with Gasteiger partial charge in [0, 0.05) is 88.6 Å². The summed E-state index contributed by atoms with van der Waals surface area (Å²) in [7, 11) is 10.2. The van der Waals surface area contributed by atoms with Crippen LogP contribution in [0.2, 0.25) is 0 Å². The molecule has 0 saturated carbocycles. The Kier molecular flexibility index (Phi) is 27.8. The predicted molar refractivity (Wildman–Crippen MR) is 347 cm³/mol. The van der Waals surface area contributed by atoms with Crippen LogP contribution in [0, 0.1) is 29.6 Å². The van der Waals surface area contributed by atoms with Gasteiger partial charge in [-0.3, -0.25) is 63.1 Å². The first-order valence-electron chi connectivity index (χ1n) is 33.5. The standard InChI is InChI=1S/C65H114N14O13/c1-22-44-59(84)70(15)42(13)58(83)71(16)47(32-37(4)5)57(82)68-51(40(10)11)62(87)72(17)46(31-36(2)3)56(81)67-41(12)55(80)69-65(90)74(19)49(34-39(8)9)60(85)73(18)48(33-38(6)7)61(86)75(20)52-43(14)92-54-45(79(44)64(89)53(54)76(21)63(52)88)35-50-66-23-24-78(50)26-25-77-27-29-91-30-28-77/h36-54,66H,22-35H2,1-21H3,(H,67,81)(H,68,82)(H,69,80,90)/t41-,42-,43?,44?,45-,46?,47+,48+,49-,50?,51?,52+,53+,54-/m1/s1. The number of morpholine rings is 1. The van der Waals surface area contributed by atoms with Gasteiger partial charge in [0.15, 0.2) is 0 Å². The van der Waals surface area contributed by atoms with Gasteiger partial charge in [-0.1, -0.05) is 76.2 Å². The molecule has 6 aliphatic heterocycles. The van der Waals surface area contributed by atoms with Gasteiger partial charge in [-0.15, -0.1) is 0 Å². The maximum Gasteiger partial charge on any atom is 0.324 e. The van der Waals surface area contributed by atoms with Crippen LogP contribution < -0.4 is 21.3 Å². The summed E-state index contributed by atoms with van der Waals surface area (Å²) in [6.45, 7) is 30.5. The van der Waals surface area contributed by atoms with Crippen molar-refractivity contribution in [1.82, 2.24) is 70.3 Å². The zero-order valence-corrected chi connectivity index (χ0v) is 59.1. The summed E-state index contributed by atoms with van der Waals surface area (Å²) in [6, 6.07) is -14.0. The van der Waals surface area contributed by atoms with Gasteiger partial charge in [0.1, 0.15) is 66.5 Å². The number of urea groups is 1. The van der Waals surface area contributed by atoms with Crippen LogP contribution in [-0.2, 0) is 57.4 Å². The zero-order chi connectivity index (χ0) is 69.2. The highest BCUT2D eigenvalue weighted by Gasteiger charge is 2.60. The third-order valence-electron chi connectivity index (χ3n) is 19.3. The van der Waals surface area contributed by atoms with E-state index in [0.717, 1.165) is 24.5 Å². The smallest absolute Gasteiger partial charge is 0.324 e. The lowest BCUT2D eigenvalue weighted by atomic mass is 9.96. The van der Waals surface area contributed by atoms with Crippen molar-refractivity contribution in [1.29, 1.82) is 0 Å². The molecule has 0 aliphatic carbocycles. The van der Waals surface area contributed by atoms with Crippen LogP contribution in [0.15, 0.2) is 0 Å². The second kappa shape index (κ2) is 33.4. The number of hydrogen-bond acceptors (Lipinski definition) is 16. The van der Waals surface area contributed by atoms with E-state index in [2.05, 4.69) is 31.1 Å². The minimum Gasteiger partial charge on any atom is -0.379 e. The van der Waals surface area contributed by atoms with E-state index < -0.39 is 150 Å². The van der Waals surface area contributed by atoms with E-state index in [0.29, 0.717) is 32.8 Å². The van der Waals surface area contributed by atoms with Gasteiger partial charge < -0.3 is 64.6 Å². The fraction of sp³-hybridized carbons (Fsp3) is 0.831. The van der Waals surface area contributed by atoms with Gasteiger partial charge in [0.25, 0.3) is 0 Å². The molecule has 6 heterocycles. The fourth-order valence-corrected chi connectivity index (χ4v) is 13.6. The Balaban J connectivity index is 1.66. The van der Waals surface area contributed by atoms with Crippen molar-refractivity contribution in [3.8, 4) is 0 Å². The second-order valence-electron chi connectivity index (χ2n) is 28.4. The largest absolute Gasteiger partial charge is 0.379 e. The zero-order valence-electron chi connectivity index (χ0n) is 59.1. The Morgan fingerprint density at radius 3 is 1.50 bits per heavy atom. The molecule has 0 aromatic rings. The third-order valence-corrected chi connectivity index (χ3v) is 19.3. The van der Waals surface area contributed by atoms with Crippen LogP contribution in [0.3, 0.4) is 0 Å². The van der Waals surface area contributed by atoms with Gasteiger partial charge in [-0.2, -0.15) is 0 Å². The lowest BCUT2D eigenvalue weighted by Crippen LogP contribution is -2.62. The molecule has 92 heavy (non-hydrogen) atoms. The van der Waals surface area contributed by atoms with Gasteiger partial charge in [0.2, 0.25) is 59.1 Å². The normalized spacial score (nSPS) is 31.3. The minimum absolute atomic E-state index is 0.101. The molecular weight excluding hydrogens is 1180 g/mol. The number of fused-ring (bicyclic) bond motifs is 27. The summed E-state index contributed by atoms with van der Waals surface area (Å²) in [5, 5.41) is 11.5. The number of carbonyl (C=O) groups excluding carboxylic acids is 11. The van der Waals surface area contributed by atoms with Crippen LogP contribution in [0.25, 0.3) is 0 Å².